The molecular weight excluding hydrogens is 246 g/mol. The Kier molecular flexibility index (Phi) is 4.49. The van der Waals surface area contributed by atoms with Gasteiger partial charge in [0.05, 0.1) is 5.69 Å². The predicted molar refractivity (Wildman–Crippen MR) is 84.5 cm³/mol. The molecule has 0 saturated heterocycles. The topological polar surface area (TPSA) is 32.6 Å². The summed E-state index contributed by atoms with van der Waals surface area (Å²) in [6.45, 7) is 7.86. The molecule has 2 rings (SSSR count). The summed E-state index contributed by atoms with van der Waals surface area (Å²) in [5, 5.41) is 10.3. The lowest BCUT2D eigenvalue weighted by atomic mass is 9.99. The highest BCUT2D eigenvalue weighted by molar-refractivity contribution is 6.00. The van der Waals surface area contributed by atoms with Crippen LogP contribution >= 0.6 is 0 Å². The minimum Gasteiger partial charge on any atom is -0.384 e. The lowest BCUT2D eigenvalue weighted by molar-refractivity contribution is 0.222. The van der Waals surface area contributed by atoms with E-state index in [2.05, 4.69) is 11.6 Å². The number of hydrogen-bond donors (Lipinski definition) is 1. The Labute approximate surface area is 120 Å². The minimum atomic E-state index is -0.719. The summed E-state index contributed by atoms with van der Waals surface area (Å²) >= 11 is 0. The summed E-state index contributed by atoms with van der Waals surface area (Å²) in [6.07, 6.45) is -0.719. The molecule has 2 heteroatoms. The number of benzene rings is 2. The Morgan fingerprint density at radius 2 is 1.65 bits per heavy atom. The fourth-order valence-electron chi connectivity index (χ4n) is 1.92. The molecule has 1 N–H and O–H groups in total. The third kappa shape index (κ3) is 3.43. The maximum atomic E-state index is 10.3. The zero-order chi connectivity index (χ0) is 14.5. The van der Waals surface area contributed by atoms with E-state index >= 15 is 0 Å². The van der Waals surface area contributed by atoms with Gasteiger partial charge in [0.2, 0.25) is 0 Å². The second kappa shape index (κ2) is 6.31. The molecule has 2 nitrogen and oxygen atoms in total. The molecule has 0 fully saturated rings. The fraction of sp³-hybridized carbons (Fsp3) is 0.167. The first kappa shape index (κ1) is 14.2. The van der Waals surface area contributed by atoms with Crippen molar-refractivity contribution in [3.05, 3.63) is 77.9 Å². The van der Waals surface area contributed by atoms with Crippen molar-refractivity contribution in [3.63, 3.8) is 0 Å². The number of para-hydroxylation sites is 1. The number of nitrogens with zero attached hydrogens (tertiary/aromatic N) is 1. The Bertz CT molecular complexity index is 612. The second-order valence-corrected chi connectivity index (χ2v) is 4.87. The van der Waals surface area contributed by atoms with Gasteiger partial charge in [-0.05, 0) is 37.1 Å². The van der Waals surface area contributed by atoms with Crippen LogP contribution in [-0.2, 0) is 0 Å². The van der Waals surface area contributed by atoms with Gasteiger partial charge in [0.25, 0.3) is 0 Å². The summed E-state index contributed by atoms with van der Waals surface area (Å²) in [5.41, 5.74) is 4.23. The van der Waals surface area contributed by atoms with Crippen LogP contribution in [0.5, 0.6) is 0 Å². The molecule has 0 radical (unpaired) electrons. The average molecular weight is 265 g/mol. The van der Waals surface area contributed by atoms with Crippen molar-refractivity contribution in [2.24, 2.45) is 4.99 Å². The first-order valence-corrected chi connectivity index (χ1v) is 6.62. The molecule has 0 aliphatic heterocycles. The first-order valence-electron chi connectivity index (χ1n) is 6.62. The van der Waals surface area contributed by atoms with Gasteiger partial charge in [-0.3, -0.25) is 4.99 Å². The van der Waals surface area contributed by atoms with E-state index in [1.165, 1.54) is 5.56 Å². The van der Waals surface area contributed by atoms with Crippen molar-refractivity contribution in [1.82, 2.24) is 0 Å². The van der Waals surface area contributed by atoms with Gasteiger partial charge in [0.15, 0.2) is 0 Å². The van der Waals surface area contributed by atoms with Crippen LogP contribution in [0, 0.1) is 6.92 Å². The molecule has 102 valence electrons. The third-order valence-electron chi connectivity index (χ3n) is 3.24. The van der Waals surface area contributed by atoms with Crippen molar-refractivity contribution in [3.8, 4) is 0 Å². The lowest BCUT2D eigenvalue weighted by Gasteiger charge is -2.14. The average Bonchev–Trinajstić information content (AvgIpc) is 2.47. The van der Waals surface area contributed by atoms with Crippen LogP contribution in [0.1, 0.15) is 24.2 Å². The van der Waals surface area contributed by atoms with E-state index in [9.17, 15) is 5.11 Å². The fourth-order valence-corrected chi connectivity index (χ4v) is 1.92. The highest BCUT2D eigenvalue weighted by Gasteiger charge is 2.13. The van der Waals surface area contributed by atoms with Gasteiger partial charge in [-0.15, -0.1) is 0 Å². The summed E-state index contributed by atoms with van der Waals surface area (Å²) in [6, 6.07) is 17.5. The number of aryl methyl sites for hydroxylation is 1. The predicted octanol–water partition coefficient (Wildman–Crippen LogP) is 4.38. The van der Waals surface area contributed by atoms with Crippen molar-refractivity contribution in [2.45, 2.75) is 20.0 Å². The van der Waals surface area contributed by atoms with Crippen molar-refractivity contribution < 1.29 is 5.11 Å². The van der Waals surface area contributed by atoms with E-state index in [0.29, 0.717) is 5.57 Å². The van der Waals surface area contributed by atoms with E-state index in [4.69, 9.17) is 0 Å². The highest BCUT2D eigenvalue weighted by Crippen LogP contribution is 2.23. The molecule has 1 atom stereocenters. The van der Waals surface area contributed by atoms with E-state index < -0.39 is 6.10 Å². The van der Waals surface area contributed by atoms with Crippen molar-refractivity contribution in [2.75, 3.05) is 0 Å². The van der Waals surface area contributed by atoms with Crippen LogP contribution in [0.3, 0.4) is 0 Å². The number of aliphatic imine (C=N–C) groups is 1. The quantitative estimate of drug-likeness (QED) is 0.818. The zero-order valence-electron chi connectivity index (χ0n) is 11.9. The van der Waals surface area contributed by atoms with E-state index in [1.54, 1.807) is 0 Å². The molecule has 2 aromatic rings. The summed E-state index contributed by atoms with van der Waals surface area (Å²) < 4.78 is 0. The molecular formula is C18H19NO. The molecule has 0 bridgehead atoms. The van der Waals surface area contributed by atoms with Gasteiger partial charge >= 0.3 is 0 Å². The Hall–Kier alpha value is -2.19. The molecule has 2 aromatic carbocycles. The van der Waals surface area contributed by atoms with Gasteiger partial charge in [-0.25, -0.2) is 0 Å². The molecule has 0 heterocycles. The van der Waals surface area contributed by atoms with Gasteiger partial charge in [0, 0.05) is 5.71 Å². The largest absolute Gasteiger partial charge is 0.384 e. The molecule has 20 heavy (non-hydrogen) atoms. The van der Waals surface area contributed by atoms with E-state index in [0.717, 1.165) is 17.0 Å². The number of rotatable bonds is 4. The molecule has 0 aliphatic carbocycles. The van der Waals surface area contributed by atoms with Crippen LogP contribution in [0.4, 0.5) is 5.69 Å². The van der Waals surface area contributed by atoms with E-state index in [-0.39, 0.29) is 0 Å². The van der Waals surface area contributed by atoms with Crippen LogP contribution in [0.25, 0.3) is 0 Å². The summed E-state index contributed by atoms with van der Waals surface area (Å²) in [5.74, 6) is 0. The van der Waals surface area contributed by atoms with Gasteiger partial charge in [0.1, 0.15) is 6.10 Å². The smallest absolute Gasteiger partial charge is 0.105 e. The van der Waals surface area contributed by atoms with E-state index in [1.807, 2.05) is 68.4 Å². The van der Waals surface area contributed by atoms with Gasteiger partial charge in [-0.2, -0.15) is 0 Å². The Morgan fingerprint density at radius 3 is 2.25 bits per heavy atom. The molecule has 0 aliphatic rings. The lowest BCUT2D eigenvalue weighted by Crippen LogP contribution is -2.07. The van der Waals surface area contributed by atoms with Crippen LogP contribution in [0.15, 0.2) is 71.7 Å². The van der Waals surface area contributed by atoms with Crippen molar-refractivity contribution >= 4 is 11.4 Å². The molecule has 0 spiro atoms. The molecule has 0 unspecified atom stereocenters. The van der Waals surface area contributed by atoms with Crippen LogP contribution in [-0.4, -0.2) is 10.8 Å². The summed E-state index contributed by atoms with van der Waals surface area (Å²) in [4.78, 5) is 4.48. The maximum Gasteiger partial charge on any atom is 0.105 e. The Balaban J connectivity index is 2.18. The number of aliphatic hydroxyl groups excluding tert-OH is 1. The SMILES string of the molecule is C=C(C(C)=Nc1ccccc1)[C@H](O)c1ccc(C)cc1. The maximum absolute atomic E-state index is 10.3. The molecule has 0 aromatic heterocycles. The number of aliphatic hydroxyl groups is 1. The van der Waals surface area contributed by atoms with Crippen molar-refractivity contribution in [1.29, 1.82) is 0 Å². The monoisotopic (exact) mass is 265 g/mol. The standard InChI is InChI=1S/C18H19NO/c1-13-9-11-16(12-10-13)18(20)14(2)15(3)19-17-7-5-4-6-8-17/h4-12,18,20H,2H2,1,3H3/t18-/m0/s1. The molecule has 0 amide bonds. The first-order chi connectivity index (χ1) is 9.58. The van der Waals surface area contributed by atoms with Crippen LogP contribution < -0.4 is 0 Å². The zero-order valence-corrected chi connectivity index (χ0v) is 11.9. The number of hydrogen-bond acceptors (Lipinski definition) is 2. The van der Waals surface area contributed by atoms with Gasteiger partial charge < -0.3 is 5.11 Å². The molecule has 0 saturated carbocycles. The normalized spacial score (nSPS) is 13.1. The van der Waals surface area contributed by atoms with Crippen LogP contribution in [0.2, 0.25) is 0 Å². The summed E-state index contributed by atoms with van der Waals surface area (Å²) in [7, 11) is 0. The second-order valence-electron chi connectivity index (χ2n) is 4.87. The third-order valence-corrected chi connectivity index (χ3v) is 3.24. The minimum absolute atomic E-state index is 0.623. The Morgan fingerprint density at radius 1 is 1.05 bits per heavy atom. The highest BCUT2D eigenvalue weighted by atomic mass is 16.3. The van der Waals surface area contributed by atoms with Gasteiger partial charge in [-0.1, -0.05) is 54.6 Å².